The van der Waals surface area contributed by atoms with Gasteiger partial charge < -0.3 is 20.7 Å². The van der Waals surface area contributed by atoms with Crippen LogP contribution < -0.4 is 11.1 Å². The van der Waals surface area contributed by atoms with Crippen LogP contribution in [0.4, 0.5) is 11.8 Å². The largest absolute Gasteiger partial charge is 0.379 e. The van der Waals surface area contributed by atoms with E-state index in [4.69, 9.17) is 10.5 Å². The number of benzene rings is 1. The second-order valence-electron chi connectivity index (χ2n) is 7.61. The van der Waals surface area contributed by atoms with Crippen LogP contribution in [-0.2, 0) is 22.5 Å². The number of fused-ring (bicyclic) bond motifs is 1. The van der Waals surface area contributed by atoms with E-state index >= 15 is 0 Å². The van der Waals surface area contributed by atoms with Crippen LogP contribution in [0.1, 0.15) is 30.4 Å². The van der Waals surface area contributed by atoms with Crippen LogP contribution >= 0.6 is 0 Å². The lowest BCUT2D eigenvalue weighted by atomic mass is 9.82. The average Bonchev–Trinajstić information content (AvgIpc) is 2.73. The molecule has 2 aliphatic rings. The van der Waals surface area contributed by atoms with E-state index < -0.39 is 0 Å². The Kier molecular flexibility index (Phi) is 5.43. The Balaban J connectivity index is 1.39. The maximum Gasteiger partial charge on any atom is 0.226 e. The first-order valence-corrected chi connectivity index (χ1v) is 9.87. The third-order valence-electron chi connectivity index (χ3n) is 5.89. The molecule has 1 fully saturated rings. The normalized spacial score (nSPS) is 24.5. The molecule has 4 rings (SSSR count). The van der Waals surface area contributed by atoms with E-state index in [-0.39, 0.29) is 29.9 Å². The summed E-state index contributed by atoms with van der Waals surface area (Å²) < 4.78 is 5.72. The predicted molar refractivity (Wildman–Crippen MR) is 108 cm³/mol. The van der Waals surface area contributed by atoms with Gasteiger partial charge in [-0.15, -0.1) is 0 Å². The summed E-state index contributed by atoms with van der Waals surface area (Å²) in [6, 6.07) is 10.3. The second kappa shape index (κ2) is 8.14. The number of carbonyl (C=O) groups excluding carboxylic acids is 1. The van der Waals surface area contributed by atoms with Gasteiger partial charge in [0.2, 0.25) is 11.9 Å². The zero-order valence-electron chi connectivity index (χ0n) is 16.2. The molecule has 2 aromatic rings. The molecule has 0 saturated heterocycles. The number of hydrogen-bond donors (Lipinski definition) is 2. The van der Waals surface area contributed by atoms with E-state index in [0.29, 0.717) is 18.8 Å². The van der Waals surface area contributed by atoms with Crippen molar-refractivity contribution in [2.24, 2.45) is 5.92 Å². The molecular formula is C21H27N5O2. The fourth-order valence-electron chi connectivity index (χ4n) is 4.37. The van der Waals surface area contributed by atoms with Gasteiger partial charge in [0, 0.05) is 32.3 Å². The molecule has 3 N–H and O–H groups in total. The number of nitrogens with two attached hydrogens (primary N) is 1. The van der Waals surface area contributed by atoms with Crippen molar-refractivity contribution in [2.45, 2.75) is 44.4 Å². The predicted octanol–water partition coefficient (Wildman–Crippen LogP) is 2.24. The summed E-state index contributed by atoms with van der Waals surface area (Å²) in [5.74, 6) is 1.19. The molecule has 1 saturated carbocycles. The number of rotatable bonds is 4. The van der Waals surface area contributed by atoms with Crippen LogP contribution in [0.25, 0.3) is 0 Å². The van der Waals surface area contributed by atoms with Crippen molar-refractivity contribution in [3.63, 3.8) is 0 Å². The highest BCUT2D eigenvalue weighted by Crippen LogP contribution is 2.31. The van der Waals surface area contributed by atoms with Gasteiger partial charge >= 0.3 is 0 Å². The molecular weight excluding hydrogens is 354 g/mol. The monoisotopic (exact) mass is 381 g/mol. The van der Waals surface area contributed by atoms with E-state index in [1.165, 1.54) is 11.1 Å². The van der Waals surface area contributed by atoms with Crippen molar-refractivity contribution in [2.75, 3.05) is 24.7 Å². The fraction of sp³-hybridized carbons (Fsp3) is 0.476. The Morgan fingerprint density at radius 2 is 2.07 bits per heavy atom. The number of methoxy groups -OCH3 is 1. The van der Waals surface area contributed by atoms with Crippen LogP contribution in [0.5, 0.6) is 0 Å². The Morgan fingerprint density at radius 3 is 2.86 bits per heavy atom. The first kappa shape index (κ1) is 18.7. The fourth-order valence-corrected chi connectivity index (χ4v) is 4.37. The van der Waals surface area contributed by atoms with Gasteiger partial charge in [0.1, 0.15) is 5.82 Å². The van der Waals surface area contributed by atoms with Gasteiger partial charge in [-0.3, -0.25) is 4.79 Å². The molecule has 1 aliphatic heterocycles. The van der Waals surface area contributed by atoms with E-state index in [1.807, 2.05) is 11.0 Å². The zero-order chi connectivity index (χ0) is 19.5. The van der Waals surface area contributed by atoms with Gasteiger partial charge in [-0.05, 0) is 42.9 Å². The first-order chi connectivity index (χ1) is 13.6. The molecule has 1 aliphatic carbocycles. The minimum Gasteiger partial charge on any atom is -0.379 e. The number of amides is 1. The molecule has 28 heavy (non-hydrogen) atoms. The van der Waals surface area contributed by atoms with Gasteiger partial charge in [-0.2, -0.15) is 4.98 Å². The van der Waals surface area contributed by atoms with Gasteiger partial charge in [0.25, 0.3) is 0 Å². The third-order valence-corrected chi connectivity index (χ3v) is 5.89. The number of hydrogen-bond acceptors (Lipinski definition) is 6. The van der Waals surface area contributed by atoms with Gasteiger partial charge in [0.05, 0.1) is 12.1 Å². The maximum atomic E-state index is 13.1. The number of anilines is 2. The average molecular weight is 381 g/mol. The summed E-state index contributed by atoms with van der Waals surface area (Å²) in [6.45, 7) is 1.51. The molecule has 0 spiro atoms. The standard InChI is InChI=1S/C21H27N5O2/c1-28-18-12-15(6-7-17(18)24-19-8-10-23-21(22)25-19)20(27)26-11-9-14-4-2-3-5-16(14)13-26/h2-5,8,10,15,17-18H,6-7,9,11-13H2,1H3,(H3,22,23,24,25)/t15-,17-,18-/m0/s1. The number of carbonyl (C=O) groups is 1. The minimum absolute atomic E-state index is 0.00345. The van der Waals surface area contributed by atoms with E-state index in [1.54, 1.807) is 19.4 Å². The van der Waals surface area contributed by atoms with Crippen LogP contribution in [0, 0.1) is 5.92 Å². The van der Waals surface area contributed by atoms with E-state index in [2.05, 4.69) is 33.5 Å². The summed E-state index contributed by atoms with van der Waals surface area (Å²) in [5, 5.41) is 3.39. The van der Waals surface area contributed by atoms with Crippen molar-refractivity contribution in [1.29, 1.82) is 0 Å². The first-order valence-electron chi connectivity index (χ1n) is 9.87. The molecule has 2 heterocycles. The lowest BCUT2D eigenvalue weighted by Gasteiger charge is -2.38. The van der Waals surface area contributed by atoms with Crippen molar-refractivity contribution in [3.8, 4) is 0 Å². The molecule has 3 atom stereocenters. The van der Waals surface area contributed by atoms with Crippen LogP contribution in [-0.4, -0.2) is 46.6 Å². The molecule has 1 amide bonds. The molecule has 0 unspecified atom stereocenters. The summed E-state index contributed by atoms with van der Waals surface area (Å²) in [7, 11) is 1.71. The highest BCUT2D eigenvalue weighted by molar-refractivity contribution is 5.79. The summed E-state index contributed by atoms with van der Waals surface area (Å²) >= 11 is 0. The molecule has 1 aromatic heterocycles. The zero-order valence-corrected chi connectivity index (χ0v) is 16.2. The number of nitrogen functional groups attached to an aromatic ring is 1. The highest BCUT2D eigenvalue weighted by atomic mass is 16.5. The molecule has 7 heteroatoms. The maximum absolute atomic E-state index is 13.1. The summed E-state index contributed by atoms with van der Waals surface area (Å²) in [6.07, 6.45) is 4.93. The topological polar surface area (TPSA) is 93.4 Å². The van der Waals surface area contributed by atoms with Gasteiger partial charge in [0.15, 0.2) is 0 Å². The quantitative estimate of drug-likeness (QED) is 0.844. The Labute approximate surface area is 165 Å². The molecule has 148 valence electrons. The summed E-state index contributed by atoms with van der Waals surface area (Å²) in [5.41, 5.74) is 8.29. The number of aromatic nitrogens is 2. The number of nitrogens with zero attached hydrogens (tertiary/aromatic N) is 3. The molecule has 7 nitrogen and oxygen atoms in total. The van der Waals surface area contributed by atoms with Crippen LogP contribution in [0.15, 0.2) is 36.5 Å². The highest BCUT2D eigenvalue weighted by Gasteiger charge is 2.36. The van der Waals surface area contributed by atoms with Crippen molar-refractivity contribution in [3.05, 3.63) is 47.7 Å². The lowest BCUT2D eigenvalue weighted by molar-refractivity contribution is -0.139. The second-order valence-corrected chi connectivity index (χ2v) is 7.61. The lowest BCUT2D eigenvalue weighted by Crippen LogP contribution is -2.47. The SMILES string of the molecule is CO[C@H]1C[C@@H](C(=O)N2CCc3ccccc3C2)CC[C@@H]1Nc1ccnc(N)n1. The van der Waals surface area contributed by atoms with Gasteiger partial charge in [-0.25, -0.2) is 4.98 Å². The minimum atomic E-state index is -0.0454. The van der Waals surface area contributed by atoms with E-state index in [9.17, 15) is 4.79 Å². The molecule has 0 bridgehead atoms. The van der Waals surface area contributed by atoms with Crippen LogP contribution in [0.3, 0.4) is 0 Å². The van der Waals surface area contributed by atoms with E-state index in [0.717, 1.165) is 25.8 Å². The van der Waals surface area contributed by atoms with Crippen molar-refractivity contribution in [1.82, 2.24) is 14.9 Å². The Morgan fingerprint density at radius 1 is 1.25 bits per heavy atom. The van der Waals surface area contributed by atoms with Crippen molar-refractivity contribution < 1.29 is 9.53 Å². The number of nitrogens with one attached hydrogen (secondary N) is 1. The van der Waals surface area contributed by atoms with Gasteiger partial charge in [-0.1, -0.05) is 24.3 Å². The summed E-state index contributed by atoms with van der Waals surface area (Å²) in [4.78, 5) is 23.3. The van der Waals surface area contributed by atoms with Crippen LogP contribution in [0.2, 0.25) is 0 Å². The smallest absolute Gasteiger partial charge is 0.226 e. The molecule has 1 aromatic carbocycles. The number of ether oxygens (including phenoxy) is 1. The molecule has 0 radical (unpaired) electrons. The Hall–Kier alpha value is -2.67. The Bertz CT molecular complexity index is 843. The third kappa shape index (κ3) is 3.94. The van der Waals surface area contributed by atoms with Crippen molar-refractivity contribution >= 4 is 17.7 Å².